The first-order valence-corrected chi connectivity index (χ1v) is 5.92. The van der Waals surface area contributed by atoms with Gasteiger partial charge in [0.15, 0.2) is 0 Å². The molecule has 1 amide bonds. The average molecular weight is 255 g/mol. The van der Waals surface area contributed by atoms with Gasteiger partial charge in [-0.1, -0.05) is 11.6 Å². The van der Waals surface area contributed by atoms with E-state index in [0.29, 0.717) is 18.0 Å². The molecular weight excluding hydrogens is 240 g/mol. The Balaban J connectivity index is 2.03. The molecule has 92 valence electrons. The zero-order chi connectivity index (χ0) is 12.4. The summed E-state index contributed by atoms with van der Waals surface area (Å²) in [5.74, 6) is -0.119. The van der Waals surface area contributed by atoms with Crippen LogP contribution in [0.1, 0.15) is 12.0 Å². The van der Waals surface area contributed by atoms with E-state index in [0.717, 1.165) is 11.3 Å². The van der Waals surface area contributed by atoms with Crippen molar-refractivity contribution in [2.24, 2.45) is 0 Å². The fourth-order valence-electron chi connectivity index (χ4n) is 1.90. The van der Waals surface area contributed by atoms with Gasteiger partial charge in [0.1, 0.15) is 0 Å². The molecule has 0 spiro atoms. The largest absolute Gasteiger partial charge is 0.392 e. The van der Waals surface area contributed by atoms with Crippen molar-refractivity contribution in [1.82, 2.24) is 5.32 Å². The average Bonchev–Trinajstić information content (AvgIpc) is 2.69. The second kappa shape index (κ2) is 5.04. The van der Waals surface area contributed by atoms with Gasteiger partial charge in [0.2, 0.25) is 5.91 Å². The SMILES string of the molecule is Cc1cc(Cl)ccc1NC(=O)C1CC(O)CN1. The first-order valence-electron chi connectivity index (χ1n) is 5.54. The van der Waals surface area contributed by atoms with E-state index in [2.05, 4.69) is 10.6 Å². The lowest BCUT2D eigenvalue weighted by atomic mass is 10.1. The fraction of sp³-hybridized carbons (Fsp3) is 0.417. The molecule has 1 fully saturated rings. The van der Waals surface area contributed by atoms with Gasteiger partial charge in [-0.25, -0.2) is 0 Å². The molecule has 0 radical (unpaired) electrons. The minimum Gasteiger partial charge on any atom is -0.392 e. The highest BCUT2D eigenvalue weighted by Crippen LogP contribution is 2.20. The summed E-state index contributed by atoms with van der Waals surface area (Å²) in [6.07, 6.45) is 0.0235. The van der Waals surface area contributed by atoms with Gasteiger partial charge in [0.25, 0.3) is 0 Å². The number of carbonyl (C=O) groups excluding carboxylic acids is 1. The predicted molar refractivity (Wildman–Crippen MR) is 67.2 cm³/mol. The zero-order valence-corrected chi connectivity index (χ0v) is 10.3. The van der Waals surface area contributed by atoms with Crippen molar-refractivity contribution in [3.05, 3.63) is 28.8 Å². The van der Waals surface area contributed by atoms with Crippen LogP contribution >= 0.6 is 11.6 Å². The van der Waals surface area contributed by atoms with E-state index in [1.807, 2.05) is 6.92 Å². The third-order valence-electron chi connectivity index (χ3n) is 2.87. The molecule has 3 N–H and O–H groups in total. The summed E-state index contributed by atoms with van der Waals surface area (Å²) in [6, 6.07) is 5.00. The lowest BCUT2D eigenvalue weighted by Gasteiger charge is -2.13. The number of halogens is 1. The van der Waals surface area contributed by atoms with Gasteiger partial charge in [0, 0.05) is 17.3 Å². The highest BCUT2D eigenvalue weighted by molar-refractivity contribution is 6.30. The van der Waals surface area contributed by atoms with Crippen molar-refractivity contribution in [1.29, 1.82) is 0 Å². The van der Waals surface area contributed by atoms with Gasteiger partial charge >= 0.3 is 0 Å². The van der Waals surface area contributed by atoms with E-state index < -0.39 is 6.10 Å². The van der Waals surface area contributed by atoms with Crippen LogP contribution in [0.3, 0.4) is 0 Å². The van der Waals surface area contributed by atoms with Crippen molar-refractivity contribution < 1.29 is 9.90 Å². The van der Waals surface area contributed by atoms with Crippen LogP contribution in [0.25, 0.3) is 0 Å². The van der Waals surface area contributed by atoms with Gasteiger partial charge < -0.3 is 15.7 Å². The number of aryl methyl sites for hydroxylation is 1. The molecule has 2 atom stereocenters. The number of carbonyl (C=O) groups is 1. The van der Waals surface area contributed by atoms with E-state index in [1.165, 1.54) is 0 Å². The number of hydrogen-bond acceptors (Lipinski definition) is 3. The van der Waals surface area contributed by atoms with Crippen LogP contribution in [0.5, 0.6) is 0 Å². The van der Waals surface area contributed by atoms with Crippen LogP contribution in [-0.4, -0.2) is 29.7 Å². The molecule has 5 heteroatoms. The van der Waals surface area contributed by atoms with Gasteiger partial charge in [-0.15, -0.1) is 0 Å². The van der Waals surface area contributed by atoms with Gasteiger partial charge in [0.05, 0.1) is 12.1 Å². The Hall–Kier alpha value is -1.10. The summed E-state index contributed by atoms with van der Waals surface area (Å²) in [5.41, 5.74) is 1.67. The summed E-state index contributed by atoms with van der Waals surface area (Å²) < 4.78 is 0. The molecule has 2 unspecified atom stereocenters. The Morgan fingerprint density at radius 2 is 2.35 bits per heavy atom. The number of aliphatic hydroxyl groups is 1. The Kier molecular flexibility index (Phi) is 3.66. The Bertz CT molecular complexity index is 437. The van der Waals surface area contributed by atoms with E-state index in [4.69, 9.17) is 11.6 Å². The first kappa shape index (κ1) is 12.4. The molecule has 1 heterocycles. The number of rotatable bonds is 2. The lowest BCUT2D eigenvalue weighted by Crippen LogP contribution is -2.35. The second-order valence-electron chi connectivity index (χ2n) is 4.30. The summed E-state index contributed by atoms with van der Waals surface area (Å²) in [6.45, 7) is 2.36. The molecule has 1 aromatic carbocycles. The number of anilines is 1. The predicted octanol–water partition coefficient (Wildman–Crippen LogP) is 1.31. The maximum Gasteiger partial charge on any atom is 0.241 e. The molecule has 0 aromatic heterocycles. The molecule has 1 aliphatic heterocycles. The van der Waals surface area contributed by atoms with Gasteiger partial charge in [-0.05, 0) is 37.1 Å². The maximum absolute atomic E-state index is 11.9. The number of aliphatic hydroxyl groups excluding tert-OH is 1. The molecule has 1 aliphatic rings. The first-order chi connectivity index (χ1) is 8.06. The van der Waals surface area contributed by atoms with Crippen LogP contribution in [0.4, 0.5) is 5.69 Å². The Morgan fingerprint density at radius 1 is 1.59 bits per heavy atom. The van der Waals surface area contributed by atoms with Crippen LogP contribution < -0.4 is 10.6 Å². The molecule has 2 rings (SSSR count). The summed E-state index contributed by atoms with van der Waals surface area (Å²) in [5, 5.41) is 15.8. The van der Waals surface area contributed by atoms with Crippen LogP contribution in [0.2, 0.25) is 5.02 Å². The van der Waals surface area contributed by atoms with Crippen molar-refractivity contribution in [2.75, 3.05) is 11.9 Å². The van der Waals surface area contributed by atoms with Crippen LogP contribution in [-0.2, 0) is 4.79 Å². The molecule has 0 saturated carbocycles. The molecule has 17 heavy (non-hydrogen) atoms. The summed E-state index contributed by atoms with van der Waals surface area (Å²) in [4.78, 5) is 11.9. The minimum atomic E-state index is -0.433. The van der Waals surface area contributed by atoms with Crippen molar-refractivity contribution in [3.8, 4) is 0 Å². The van der Waals surface area contributed by atoms with Crippen molar-refractivity contribution in [2.45, 2.75) is 25.5 Å². The second-order valence-corrected chi connectivity index (χ2v) is 4.74. The molecule has 4 nitrogen and oxygen atoms in total. The number of amides is 1. The quantitative estimate of drug-likeness (QED) is 0.746. The third kappa shape index (κ3) is 2.97. The topological polar surface area (TPSA) is 61.4 Å². The summed E-state index contributed by atoms with van der Waals surface area (Å²) in [7, 11) is 0. The van der Waals surface area contributed by atoms with E-state index in [1.54, 1.807) is 18.2 Å². The Labute approximate surface area is 105 Å². The smallest absolute Gasteiger partial charge is 0.241 e. The van der Waals surface area contributed by atoms with Crippen LogP contribution in [0.15, 0.2) is 18.2 Å². The third-order valence-corrected chi connectivity index (χ3v) is 3.11. The fourth-order valence-corrected chi connectivity index (χ4v) is 2.13. The highest BCUT2D eigenvalue weighted by atomic mass is 35.5. The maximum atomic E-state index is 11.9. The molecule has 1 aromatic rings. The van der Waals surface area contributed by atoms with E-state index >= 15 is 0 Å². The molecule has 0 bridgehead atoms. The van der Waals surface area contributed by atoms with Gasteiger partial charge in [-0.3, -0.25) is 4.79 Å². The number of nitrogens with one attached hydrogen (secondary N) is 2. The highest BCUT2D eigenvalue weighted by Gasteiger charge is 2.28. The summed E-state index contributed by atoms with van der Waals surface area (Å²) >= 11 is 5.84. The standard InChI is InChI=1S/C12H15ClN2O2/c1-7-4-8(13)2-3-10(7)15-12(17)11-5-9(16)6-14-11/h2-4,9,11,14,16H,5-6H2,1H3,(H,15,17). The monoisotopic (exact) mass is 254 g/mol. The molecule has 1 saturated heterocycles. The van der Waals surface area contributed by atoms with Crippen LogP contribution in [0, 0.1) is 6.92 Å². The van der Waals surface area contributed by atoms with Crippen molar-refractivity contribution in [3.63, 3.8) is 0 Å². The lowest BCUT2D eigenvalue weighted by molar-refractivity contribution is -0.117. The Morgan fingerprint density at radius 3 is 2.94 bits per heavy atom. The molecular formula is C12H15ClN2O2. The van der Waals surface area contributed by atoms with Gasteiger partial charge in [-0.2, -0.15) is 0 Å². The van der Waals surface area contributed by atoms with Crippen molar-refractivity contribution >= 4 is 23.2 Å². The zero-order valence-electron chi connectivity index (χ0n) is 9.53. The van der Waals surface area contributed by atoms with E-state index in [-0.39, 0.29) is 11.9 Å². The number of hydrogen-bond donors (Lipinski definition) is 3. The normalized spacial score (nSPS) is 23.7. The molecule has 0 aliphatic carbocycles. The van der Waals surface area contributed by atoms with E-state index in [9.17, 15) is 9.90 Å². The minimum absolute atomic E-state index is 0.119. The number of benzene rings is 1. The number of β-amino-alcohol motifs (C(OH)–C–C–N with tert-alkyl or cyclic N) is 1.